The monoisotopic (exact) mass is 370 g/mol. The third-order valence-electron chi connectivity index (χ3n) is 4.05. The molecule has 1 heterocycles. The molecule has 0 unspecified atom stereocenters. The molecule has 0 bridgehead atoms. The third kappa shape index (κ3) is 6.07. The maximum atomic E-state index is 12.0. The molecule has 0 fully saturated rings. The van der Waals surface area contributed by atoms with Gasteiger partial charge in [-0.3, -0.25) is 9.59 Å². The lowest BCUT2D eigenvalue weighted by molar-refractivity contribution is -0.136. The fourth-order valence-electron chi connectivity index (χ4n) is 2.61. The van der Waals surface area contributed by atoms with Gasteiger partial charge in [-0.2, -0.15) is 0 Å². The summed E-state index contributed by atoms with van der Waals surface area (Å²) in [4.78, 5) is 30.6. The summed E-state index contributed by atoms with van der Waals surface area (Å²) in [5.74, 6) is -0.513. The Morgan fingerprint density at radius 3 is 2.48 bits per heavy atom. The molecule has 0 saturated heterocycles. The summed E-state index contributed by atoms with van der Waals surface area (Å²) in [7, 11) is 1.60. The number of carbonyl (C=O) groups is 2. The normalized spacial score (nSPS) is 10.3. The van der Waals surface area contributed by atoms with Gasteiger partial charge in [0.25, 0.3) is 0 Å². The first-order valence-corrected chi connectivity index (χ1v) is 8.94. The van der Waals surface area contributed by atoms with Crippen LogP contribution in [-0.2, 0) is 27.5 Å². The molecule has 7 heteroatoms. The van der Waals surface area contributed by atoms with Crippen LogP contribution in [0.1, 0.15) is 25.0 Å². The highest BCUT2D eigenvalue weighted by atomic mass is 16.5. The van der Waals surface area contributed by atoms with E-state index in [0.29, 0.717) is 12.3 Å². The molecule has 27 heavy (non-hydrogen) atoms. The summed E-state index contributed by atoms with van der Waals surface area (Å²) in [6, 6.07) is 11.0. The lowest BCUT2D eigenvalue weighted by Crippen LogP contribution is -2.35. The maximum absolute atomic E-state index is 12.0. The molecule has 7 nitrogen and oxygen atoms in total. The number of hydrogen-bond acceptors (Lipinski definition) is 5. The predicted octanol–water partition coefficient (Wildman–Crippen LogP) is 2.33. The largest absolute Gasteiger partial charge is 0.380 e. The Morgan fingerprint density at radius 2 is 1.85 bits per heavy atom. The number of benzene rings is 1. The van der Waals surface area contributed by atoms with Gasteiger partial charge in [0.05, 0.1) is 6.61 Å². The second-order valence-corrected chi connectivity index (χ2v) is 5.97. The fourth-order valence-corrected chi connectivity index (χ4v) is 2.61. The number of aromatic nitrogens is 1. The summed E-state index contributed by atoms with van der Waals surface area (Å²) >= 11 is 0. The molecule has 144 valence electrons. The molecule has 1 aromatic heterocycles. The number of carbonyl (C=O) groups excluding carboxylic acids is 2. The molecule has 2 N–H and O–H groups in total. The van der Waals surface area contributed by atoms with E-state index in [1.807, 2.05) is 18.2 Å². The quantitative estimate of drug-likeness (QED) is 0.697. The second-order valence-electron chi connectivity index (χ2n) is 5.97. The first kappa shape index (κ1) is 20.4. The fraction of sp³-hybridized carbons (Fsp3) is 0.350. The number of anilines is 2. The summed E-state index contributed by atoms with van der Waals surface area (Å²) < 4.78 is 5.06. The van der Waals surface area contributed by atoms with Crippen molar-refractivity contribution in [2.24, 2.45) is 0 Å². The first-order valence-electron chi connectivity index (χ1n) is 8.94. The lowest BCUT2D eigenvalue weighted by Gasteiger charge is -2.19. The molecule has 0 radical (unpaired) electrons. The highest BCUT2D eigenvalue weighted by Gasteiger charge is 2.14. The van der Waals surface area contributed by atoms with Crippen molar-refractivity contribution in [2.75, 3.05) is 30.4 Å². The smallest absolute Gasteiger partial charge is 0.313 e. The van der Waals surface area contributed by atoms with Crippen molar-refractivity contribution in [3.05, 3.63) is 53.7 Å². The van der Waals surface area contributed by atoms with Gasteiger partial charge in [0.15, 0.2) is 0 Å². The van der Waals surface area contributed by atoms with Gasteiger partial charge < -0.3 is 20.3 Å². The Hall–Kier alpha value is -2.93. The average molecular weight is 370 g/mol. The number of nitrogens with one attached hydrogen (secondary N) is 2. The van der Waals surface area contributed by atoms with E-state index < -0.39 is 11.8 Å². The van der Waals surface area contributed by atoms with Crippen molar-refractivity contribution in [3.8, 4) is 0 Å². The summed E-state index contributed by atoms with van der Waals surface area (Å²) in [5, 5.41) is 5.19. The number of ether oxygens (including phenoxy) is 1. The average Bonchev–Trinajstić information content (AvgIpc) is 2.68. The van der Waals surface area contributed by atoms with Crippen molar-refractivity contribution in [1.29, 1.82) is 0 Å². The van der Waals surface area contributed by atoms with Gasteiger partial charge >= 0.3 is 11.8 Å². The lowest BCUT2D eigenvalue weighted by atomic mass is 10.2. The number of hydrogen-bond donors (Lipinski definition) is 2. The number of rotatable bonds is 8. The van der Waals surface area contributed by atoms with E-state index in [4.69, 9.17) is 4.74 Å². The van der Waals surface area contributed by atoms with Crippen LogP contribution in [0.3, 0.4) is 0 Å². The number of amides is 2. The van der Waals surface area contributed by atoms with Gasteiger partial charge in [0, 0.05) is 38.6 Å². The molecular weight excluding hydrogens is 344 g/mol. The molecule has 0 saturated carbocycles. The van der Waals surface area contributed by atoms with Gasteiger partial charge in [-0.05, 0) is 43.2 Å². The zero-order valence-corrected chi connectivity index (χ0v) is 16.0. The summed E-state index contributed by atoms with van der Waals surface area (Å²) in [5.41, 5.74) is 2.29. The van der Waals surface area contributed by atoms with Crippen LogP contribution < -0.4 is 15.5 Å². The zero-order valence-electron chi connectivity index (χ0n) is 16.0. The zero-order chi connectivity index (χ0) is 19.6. The molecule has 0 atom stereocenters. The number of methoxy groups -OCH3 is 1. The Labute approximate surface area is 159 Å². The highest BCUT2D eigenvalue weighted by molar-refractivity contribution is 6.39. The van der Waals surface area contributed by atoms with Gasteiger partial charge in [-0.1, -0.05) is 18.2 Å². The van der Waals surface area contributed by atoms with E-state index in [-0.39, 0.29) is 6.54 Å². The van der Waals surface area contributed by atoms with Gasteiger partial charge in [-0.25, -0.2) is 4.98 Å². The number of nitrogens with zero attached hydrogens (tertiary/aromatic N) is 2. The molecule has 0 aliphatic carbocycles. The van der Waals surface area contributed by atoms with Crippen LogP contribution in [0.2, 0.25) is 0 Å². The molecular formula is C20H26N4O3. The van der Waals surface area contributed by atoms with Crippen molar-refractivity contribution < 1.29 is 14.3 Å². The van der Waals surface area contributed by atoms with Gasteiger partial charge in [-0.15, -0.1) is 0 Å². The van der Waals surface area contributed by atoms with Crippen LogP contribution in [0.4, 0.5) is 11.5 Å². The summed E-state index contributed by atoms with van der Waals surface area (Å²) in [6.07, 6.45) is 1.71. The predicted molar refractivity (Wildman–Crippen MR) is 105 cm³/mol. The number of pyridine rings is 1. The van der Waals surface area contributed by atoms with Crippen LogP contribution >= 0.6 is 0 Å². The second kappa shape index (κ2) is 10.3. The first-order chi connectivity index (χ1) is 13.1. The third-order valence-corrected chi connectivity index (χ3v) is 4.05. The Balaban J connectivity index is 1.87. The molecule has 1 aromatic carbocycles. The molecule has 0 aliphatic heterocycles. The molecule has 2 aromatic rings. The Bertz CT molecular complexity index is 758. The standard InChI is InChI=1S/C20H26N4O3/c1-4-24(5-2)18-10-9-16(12-21-18)13-22-19(25)20(26)23-17-8-6-7-15(11-17)14-27-3/h6-12H,4-5,13-14H2,1-3H3,(H,22,25)(H,23,26). The Morgan fingerprint density at radius 1 is 1.07 bits per heavy atom. The molecule has 2 rings (SSSR count). The van der Waals surface area contributed by atoms with E-state index in [0.717, 1.165) is 30.0 Å². The minimum atomic E-state index is -0.711. The van der Waals surface area contributed by atoms with Crippen molar-refractivity contribution in [2.45, 2.75) is 27.0 Å². The molecule has 0 spiro atoms. The van der Waals surface area contributed by atoms with Gasteiger partial charge in [0.1, 0.15) is 5.82 Å². The molecule has 2 amide bonds. The van der Waals surface area contributed by atoms with Gasteiger partial charge in [0.2, 0.25) is 0 Å². The van der Waals surface area contributed by atoms with E-state index >= 15 is 0 Å². The van der Waals surface area contributed by atoms with Crippen LogP contribution in [0.5, 0.6) is 0 Å². The minimum absolute atomic E-state index is 0.238. The maximum Gasteiger partial charge on any atom is 0.313 e. The van der Waals surface area contributed by atoms with Crippen LogP contribution in [0.25, 0.3) is 0 Å². The summed E-state index contributed by atoms with van der Waals surface area (Å²) in [6.45, 7) is 6.58. The van der Waals surface area contributed by atoms with Crippen molar-refractivity contribution in [3.63, 3.8) is 0 Å². The van der Waals surface area contributed by atoms with Crippen LogP contribution in [0.15, 0.2) is 42.6 Å². The highest BCUT2D eigenvalue weighted by Crippen LogP contribution is 2.12. The van der Waals surface area contributed by atoms with E-state index in [1.165, 1.54) is 0 Å². The van der Waals surface area contributed by atoms with Crippen LogP contribution in [-0.4, -0.2) is 37.0 Å². The molecule has 0 aliphatic rings. The topological polar surface area (TPSA) is 83.6 Å². The van der Waals surface area contributed by atoms with Crippen LogP contribution in [0, 0.1) is 0 Å². The Kier molecular flexibility index (Phi) is 7.76. The van der Waals surface area contributed by atoms with Crippen molar-refractivity contribution >= 4 is 23.3 Å². The SMILES string of the molecule is CCN(CC)c1ccc(CNC(=O)C(=O)Nc2cccc(COC)c2)cn1. The van der Waals surface area contributed by atoms with E-state index in [2.05, 4.69) is 34.4 Å². The van der Waals surface area contributed by atoms with E-state index in [9.17, 15) is 9.59 Å². The minimum Gasteiger partial charge on any atom is -0.380 e. The van der Waals surface area contributed by atoms with Crippen molar-refractivity contribution in [1.82, 2.24) is 10.3 Å². The van der Waals surface area contributed by atoms with E-state index in [1.54, 1.807) is 31.5 Å².